The molecule has 0 aromatic carbocycles. The maximum Gasteiger partial charge on any atom is 0.237 e. The van der Waals surface area contributed by atoms with Gasteiger partial charge in [-0.2, -0.15) is 0 Å². The molecule has 4 N–H and O–H groups in total. The van der Waals surface area contributed by atoms with Crippen LogP contribution in [0.1, 0.15) is 19.8 Å². The van der Waals surface area contributed by atoms with Crippen LogP contribution in [0, 0.1) is 5.92 Å². The number of hydrogen-bond acceptors (Lipinski definition) is 3. The molecule has 14 heavy (non-hydrogen) atoms. The molecule has 0 aromatic heterocycles. The first-order valence-electron chi connectivity index (χ1n) is 4.90. The van der Waals surface area contributed by atoms with Crippen LogP contribution in [0.4, 0.5) is 0 Å². The average molecular weight is 199 g/mol. The van der Waals surface area contributed by atoms with Crippen molar-refractivity contribution in [1.29, 1.82) is 0 Å². The van der Waals surface area contributed by atoms with Crippen molar-refractivity contribution in [3.63, 3.8) is 0 Å². The second-order valence-corrected chi connectivity index (χ2v) is 3.71. The Morgan fingerprint density at radius 1 is 1.57 bits per heavy atom. The van der Waals surface area contributed by atoms with E-state index in [0.717, 1.165) is 13.0 Å². The van der Waals surface area contributed by atoms with E-state index in [-0.39, 0.29) is 18.4 Å². The first-order valence-corrected chi connectivity index (χ1v) is 4.90. The Kier molecular flexibility index (Phi) is 3.88. The highest BCUT2D eigenvalue weighted by molar-refractivity contribution is 5.83. The van der Waals surface area contributed by atoms with Gasteiger partial charge < -0.3 is 16.4 Å². The number of nitrogens with two attached hydrogens (primary N) is 1. The van der Waals surface area contributed by atoms with E-state index in [1.807, 2.05) is 6.92 Å². The van der Waals surface area contributed by atoms with Gasteiger partial charge in [-0.05, 0) is 18.9 Å². The molecule has 0 aromatic rings. The Labute approximate surface area is 83.4 Å². The van der Waals surface area contributed by atoms with E-state index in [9.17, 15) is 9.59 Å². The van der Waals surface area contributed by atoms with E-state index >= 15 is 0 Å². The minimum Gasteiger partial charge on any atom is -0.370 e. The molecule has 5 heteroatoms. The Bertz CT molecular complexity index is 230. The fourth-order valence-corrected chi connectivity index (χ4v) is 1.60. The minimum absolute atomic E-state index is 0.0312. The molecule has 0 radical (unpaired) electrons. The summed E-state index contributed by atoms with van der Waals surface area (Å²) in [5.74, 6) is -0.0578. The number of primary amides is 1. The number of carbonyl (C=O) groups is 2. The summed E-state index contributed by atoms with van der Waals surface area (Å²) in [7, 11) is 0. The number of hydrogen-bond donors (Lipinski definition) is 3. The molecule has 80 valence electrons. The molecule has 2 atom stereocenters. The van der Waals surface area contributed by atoms with Crippen LogP contribution in [0.3, 0.4) is 0 Å². The topological polar surface area (TPSA) is 84.2 Å². The zero-order valence-corrected chi connectivity index (χ0v) is 8.38. The SMILES string of the molecule is CC1CCNC1C(=O)NCCC(N)=O. The predicted octanol–water partition coefficient (Wildman–Crippen LogP) is -1.02. The highest BCUT2D eigenvalue weighted by Crippen LogP contribution is 2.13. The van der Waals surface area contributed by atoms with Crippen LogP contribution in [-0.2, 0) is 9.59 Å². The average Bonchev–Trinajstić information content (AvgIpc) is 2.50. The van der Waals surface area contributed by atoms with Gasteiger partial charge in [0, 0.05) is 13.0 Å². The third kappa shape index (κ3) is 2.99. The van der Waals surface area contributed by atoms with Crippen LogP contribution in [0.15, 0.2) is 0 Å². The van der Waals surface area contributed by atoms with Crippen molar-refractivity contribution in [2.24, 2.45) is 11.7 Å². The van der Waals surface area contributed by atoms with E-state index in [2.05, 4.69) is 10.6 Å². The van der Waals surface area contributed by atoms with Gasteiger partial charge in [0.2, 0.25) is 11.8 Å². The lowest BCUT2D eigenvalue weighted by Crippen LogP contribution is -2.44. The Morgan fingerprint density at radius 2 is 2.29 bits per heavy atom. The van der Waals surface area contributed by atoms with Crippen molar-refractivity contribution < 1.29 is 9.59 Å². The zero-order chi connectivity index (χ0) is 10.6. The Morgan fingerprint density at radius 3 is 2.79 bits per heavy atom. The number of nitrogens with one attached hydrogen (secondary N) is 2. The molecule has 2 amide bonds. The van der Waals surface area contributed by atoms with Crippen LogP contribution >= 0.6 is 0 Å². The summed E-state index contributed by atoms with van der Waals surface area (Å²) in [5.41, 5.74) is 4.95. The summed E-state index contributed by atoms with van der Waals surface area (Å²) < 4.78 is 0. The molecule has 0 spiro atoms. The van der Waals surface area contributed by atoms with Crippen molar-refractivity contribution >= 4 is 11.8 Å². The lowest BCUT2D eigenvalue weighted by Gasteiger charge is -2.14. The largest absolute Gasteiger partial charge is 0.370 e. The molecule has 1 heterocycles. The summed E-state index contributed by atoms with van der Waals surface area (Å²) >= 11 is 0. The smallest absolute Gasteiger partial charge is 0.237 e. The molecule has 1 rings (SSSR count). The maximum atomic E-state index is 11.5. The fraction of sp³-hybridized carbons (Fsp3) is 0.778. The first-order chi connectivity index (χ1) is 6.61. The van der Waals surface area contributed by atoms with Crippen LogP contribution in [0.25, 0.3) is 0 Å². The number of rotatable bonds is 4. The van der Waals surface area contributed by atoms with Crippen molar-refractivity contribution in [2.75, 3.05) is 13.1 Å². The van der Waals surface area contributed by atoms with Gasteiger partial charge >= 0.3 is 0 Å². The molecule has 1 aliphatic heterocycles. The van der Waals surface area contributed by atoms with Crippen LogP contribution in [0.2, 0.25) is 0 Å². The van der Waals surface area contributed by atoms with Crippen LogP contribution in [-0.4, -0.2) is 30.9 Å². The third-order valence-electron chi connectivity index (χ3n) is 2.49. The van der Waals surface area contributed by atoms with Gasteiger partial charge in [-0.3, -0.25) is 9.59 Å². The lowest BCUT2D eigenvalue weighted by atomic mass is 10.0. The highest BCUT2D eigenvalue weighted by Gasteiger charge is 2.28. The van der Waals surface area contributed by atoms with Crippen molar-refractivity contribution in [2.45, 2.75) is 25.8 Å². The van der Waals surface area contributed by atoms with E-state index in [1.54, 1.807) is 0 Å². The summed E-state index contributed by atoms with van der Waals surface area (Å²) in [6.07, 6.45) is 1.22. The quantitative estimate of drug-likeness (QED) is 0.541. The monoisotopic (exact) mass is 199 g/mol. The Balaban J connectivity index is 2.24. The second kappa shape index (κ2) is 4.95. The van der Waals surface area contributed by atoms with Crippen molar-refractivity contribution in [3.05, 3.63) is 0 Å². The van der Waals surface area contributed by atoms with E-state index in [0.29, 0.717) is 12.5 Å². The van der Waals surface area contributed by atoms with E-state index in [4.69, 9.17) is 5.73 Å². The molecule has 0 bridgehead atoms. The maximum absolute atomic E-state index is 11.5. The first kappa shape index (κ1) is 11.0. The fourth-order valence-electron chi connectivity index (χ4n) is 1.60. The molecular formula is C9H17N3O2. The number of amides is 2. The van der Waals surface area contributed by atoms with E-state index < -0.39 is 5.91 Å². The van der Waals surface area contributed by atoms with Crippen molar-refractivity contribution in [3.8, 4) is 0 Å². The minimum atomic E-state index is -0.391. The summed E-state index contributed by atoms with van der Waals surface area (Å²) in [6, 6.07) is -0.108. The molecule has 1 fully saturated rings. The summed E-state index contributed by atoms with van der Waals surface area (Å²) in [4.78, 5) is 21.9. The standard InChI is InChI=1S/C9H17N3O2/c1-6-2-4-11-8(6)9(14)12-5-3-7(10)13/h6,8,11H,2-5H2,1H3,(H2,10,13)(H,12,14). The third-order valence-corrected chi connectivity index (χ3v) is 2.49. The summed E-state index contributed by atoms with van der Waals surface area (Å²) in [6.45, 7) is 3.26. The molecule has 2 unspecified atom stereocenters. The molecular weight excluding hydrogens is 182 g/mol. The molecule has 1 saturated heterocycles. The zero-order valence-electron chi connectivity index (χ0n) is 8.38. The van der Waals surface area contributed by atoms with Gasteiger partial charge in [0.15, 0.2) is 0 Å². The van der Waals surface area contributed by atoms with Crippen molar-refractivity contribution in [1.82, 2.24) is 10.6 Å². The lowest BCUT2D eigenvalue weighted by molar-refractivity contribution is -0.123. The van der Waals surface area contributed by atoms with Gasteiger partial charge in [-0.25, -0.2) is 0 Å². The molecule has 5 nitrogen and oxygen atoms in total. The second-order valence-electron chi connectivity index (χ2n) is 3.71. The van der Waals surface area contributed by atoms with Gasteiger partial charge in [0.1, 0.15) is 0 Å². The van der Waals surface area contributed by atoms with E-state index in [1.165, 1.54) is 0 Å². The van der Waals surface area contributed by atoms with Crippen LogP contribution in [0.5, 0.6) is 0 Å². The predicted molar refractivity (Wildman–Crippen MR) is 52.4 cm³/mol. The molecule has 1 aliphatic rings. The van der Waals surface area contributed by atoms with Gasteiger partial charge in [0.25, 0.3) is 0 Å². The molecule has 0 aliphatic carbocycles. The Hall–Kier alpha value is -1.10. The summed E-state index contributed by atoms with van der Waals surface area (Å²) in [5, 5.41) is 5.80. The normalized spacial score (nSPS) is 26.1. The number of carbonyl (C=O) groups excluding carboxylic acids is 2. The highest BCUT2D eigenvalue weighted by atomic mass is 16.2. The molecule has 0 saturated carbocycles. The van der Waals surface area contributed by atoms with Gasteiger partial charge in [-0.15, -0.1) is 0 Å². The van der Waals surface area contributed by atoms with Gasteiger partial charge in [0.05, 0.1) is 6.04 Å². The van der Waals surface area contributed by atoms with Crippen LogP contribution < -0.4 is 16.4 Å². The van der Waals surface area contributed by atoms with Gasteiger partial charge in [-0.1, -0.05) is 6.92 Å².